The topological polar surface area (TPSA) is 46.3 Å². The van der Waals surface area contributed by atoms with Crippen LogP contribution in [0.5, 0.6) is 0 Å². The minimum atomic E-state index is -0.799. The lowest BCUT2D eigenvalue weighted by Gasteiger charge is -2.16. The Kier molecular flexibility index (Phi) is 4.24. The number of carbonyl (C=O) groups excluding carboxylic acids is 1. The molecule has 0 atom stereocenters. The lowest BCUT2D eigenvalue weighted by molar-refractivity contribution is -0.106. The molecule has 4 rings (SSSR count). The molecule has 7 heteroatoms. The number of halogens is 2. The van der Waals surface area contributed by atoms with Crippen molar-refractivity contribution in [2.75, 3.05) is 4.90 Å². The van der Waals surface area contributed by atoms with Crippen molar-refractivity contribution < 1.29 is 18.1 Å². The molecule has 0 unspecified atom stereocenters. The van der Waals surface area contributed by atoms with Crippen molar-refractivity contribution in [1.82, 2.24) is 5.16 Å². The highest BCUT2D eigenvalue weighted by Gasteiger charge is 2.20. The molecule has 2 aromatic carbocycles. The van der Waals surface area contributed by atoms with E-state index >= 15 is 0 Å². The molecule has 0 aliphatic heterocycles. The summed E-state index contributed by atoms with van der Waals surface area (Å²) in [6, 6.07) is 10.8. The molecule has 0 spiro atoms. The first-order valence-corrected chi connectivity index (χ1v) is 8.96. The molecule has 4 aromatic rings. The van der Waals surface area contributed by atoms with E-state index in [4.69, 9.17) is 4.52 Å². The maximum absolute atomic E-state index is 14.1. The summed E-state index contributed by atoms with van der Waals surface area (Å²) in [5, 5.41) is 5.32. The number of anilines is 2. The summed E-state index contributed by atoms with van der Waals surface area (Å²) < 4.78 is 33.5. The summed E-state index contributed by atoms with van der Waals surface area (Å²) in [6.07, 6.45) is 0.410. The van der Waals surface area contributed by atoms with Crippen LogP contribution in [0.3, 0.4) is 0 Å². The third-order valence-corrected chi connectivity index (χ3v) is 5.49. The highest BCUT2D eigenvalue weighted by molar-refractivity contribution is 7.19. The Morgan fingerprint density at radius 1 is 1.11 bits per heavy atom. The van der Waals surface area contributed by atoms with Gasteiger partial charge in [0.15, 0.2) is 5.58 Å². The van der Waals surface area contributed by atoms with Crippen LogP contribution in [0.15, 0.2) is 47.0 Å². The third kappa shape index (κ3) is 2.90. The maximum atomic E-state index is 14.1. The zero-order valence-electron chi connectivity index (χ0n) is 14.5. The number of aromatic nitrogens is 1. The van der Waals surface area contributed by atoms with Gasteiger partial charge in [0, 0.05) is 10.3 Å². The van der Waals surface area contributed by atoms with Gasteiger partial charge < -0.3 is 4.52 Å². The highest BCUT2D eigenvalue weighted by Crippen LogP contribution is 2.40. The van der Waals surface area contributed by atoms with Crippen LogP contribution in [0.2, 0.25) is 0 Å². The average molecular weight is 384 g/mol. The Bertz CT molecular complexity index is 1150. The molecule has 136 valence electrons. The molecule has 2 aromatic heterocycles. The number of fused-ring (bicyclic) bond motifs is 1. The van der Waals surface area contributed by atoms with Crippen LogP contribution in [0, 0.1) is 25.5 Å². The second kappa shape index (κ2) is 6.59. The van der Waals surface area contributed by atoms with Gasteiger partial charge in [-0.15, -0.1) is 11.3 Å². The number of para-hydroxylation sites is 1. The molecule has 0 aliphatic carbocycles. The second-order valence-corrected chi connectivity index (χ2v) is 7.18. The summed E-state index contributed by atoms with van der Waals surface area (Å²) in [5.74, 6) is -1.60. The molecule has 0 aliphatic rings. The number of amides is 1. The van der Waals surface area contributed by atoms with E-state index in [0.29, 0.717) is 17.0 Å². The minimum Gasteiger partial charge on any atom is -0.356 e. The first kappa shape index (κ1) is 17.4. The molecule has 0 fully saturated rings. The van der Waals surface area contributed by atoms with E-state index in [1.165, 1.54) is 17.4 Å². The number of hydrogen-bond acceptors (Lipinski definition) is 4. The zero-order valence-corrected chi connectivity index (χ0v) is 15.3. The van der Waals surface area contributed by atoms with Crippen LogP contribution in [0.25, 0.3) is 21.4 Å². The monoisotopic (exact) mass is 384 g/mol. The van der Waals surface area contributed by atoms with E-state index in [1.54, 1.807) is 6.07 Å². The Morgan fingerprint density at radius 2 is 1.85 bits per heavy atom. The SMILES string of the molecule is Cc1cc2c(C)noc2cc1-c1ccc(N(C=O)c2c(F)cccc2F)s1. The van der Waals surface area contributed by atoms with Crippen LogP contribution >= 0.6 is 11.3 Å². The first-order chi connectivity index (χ1) is 13.0. The Hall–Kier alpha value is -3.06. The number of hydrogen-bond donors (Lipinski definition) is 0. The van der Waals surface area contributed by atoms with E-state index in [-0.39, 0.29) is 5.69 Å². The van der Waals surface area contributed by atoms with E-state index in [1.807, 2.05) is 32.0 Å². The average Bonchev–Trinajstić information content (AvgIpc) is 3.25. The predicted octanol–water partition coefficient (Wildman–Crippen LogP) is 5.75. The zero-order chi connectivity index (χ0) is 19.1. The number of nitrogens with zero attached hydrogens (tertiary/aromatic N) is 2. The van der Waals surface area contributed by atoms with Crippen molar-refractivity contribution in [3.63, 3.8) is 0 Å². The third-order valence-electron chi connectivity index (χ3n) is 4.38. The normalized spacial score (nSPS) is 11.1. The van der Waals surface area contributed by atoms with E-state index < -0.39 is 11.6 Å². The fourth-order valence-electron chi connectivity index (χ4n) is 3.01. The predicted molar refractivity (Wildman–Crippen MR) is 101 cm³/mol. The summed E-state index contributed by atoms with van der Waals surface area (Å²) in [4.78, 5) is 13.4. The number of rotatable bonds is 4. The molecule has 0 saturated carbocycles. The van der Waals surface area contributed by atoms with Crippen LogP contribution in [-0.4, -0.2) is 11.6 Å². The van der Waals surface area contributed by atoms with Crippen molar-refractivity contribution >= 4 is 39.4 Å². The number of aryl methyl sites for hydroxylation is 2. The van der Waals surface area contributed by atoms with Crippen LogP contribution < -0.4 is 4.90 Å². The van der Waals surface area contributed by atoms with Gasteiger partial charge in [-0.3, -0.25) is 9.69 Å². The van der Waals surface area contributed by atoms with E-state index in [0.717, 1.165) is 44.1 Å². The van der Waals surface area contributed by atoms with Gasteiger partial charge >= 0.3 is 0 Å². The van der Waals surface area contributed by atoms with Gasteiger partial charge in [0.05, 0.1) is 5.69 Å². The summed E-state index contributed by atoms with van der Waals surface area (Å²) in [7, 11) is 0. The quantitative estimate of drug-likeness (QED) is 0.421. The fraction of sp³-hybridized carbons (Fsp3) is 0.100. The Labute approximate surface area is 157 Å². The number of carbonyl (C=O) groups is 1. The van der Waals surface area contributed by atoms with Crippen molar-refractivity contribution in [3.05, 3.63) is 65.4 Å². The molecule has 0 bridgehead atoms. The Balaban J connectivity index is 1.79. The molecule has 0 N–H and O–H groups in total. The maximum Gasteiger partial charge on any atom is 0.219 e. The number of benzene rings is 2. The van der Waals surface area contributed by atoms with E-state index in [9.17, 15) is 13.6 Å². The molecular formula is C20H14F2N2O2S. The van der Waals surface area contributed by atoms with Gasteiger partial charge in [0.1, 0.15) is 22.3 Å². The van der Waals surface area contributed by atoms with Crippen molar-refractivity contribution in [2.45, 2.75) is 13.8 Å². The smallest absolute Gasteiger partial charge is 0.219 e. The van der Waals surface area contributed by atoms with Gasteiger partial charge in [0.25, 0.3) is 0 Å². The molecular weight excluding hydrogens is 370 g/mol. The largest absolute Gasteiger partial charge is 0.356 e. The molecule has 2 heterocycles. The molecule has 1 amide bonds. The first-order valence-electron chi connectivity index (χ1n) is 8.15. The molecule has 27 heavy (non-hydrogen) atoms. The van der Waals surface area contributed by atoms with Gasteiger partial charge in [-0.2, -0.15) is 0 Å². The summed E-state index contributed by atoms with van der Waals surface area (Å²) in [6.45, 7) is 3.84. The van der Waals surface area contributed by atoms with Gasteiger partial charge in [-0.1, -0.05) is 11.2 Å². The minimum absolute atomic E-state index is 0.390. The van der Waals surface area contributed by atoms with Crippen LogP contribution in [0.4, 0.5) is 19.5 Å². The van der Waals surface area contributed by atoms with Crippen LogP contribution in [0.1, 0.15) is 11.3 Å². The molecule has 0 saturated heterocycles. The number of thiophene rings is 1. The van der Waals surface area contributed by atoms with E-state index in [2.05, 4.69) is 5.16 Å². The fourth-order valence-corrected chi connectivity index (χ4v) is 4.07. The standard InChI is InChI=1S/C20H14F2N2O2S/c1-11-8-14-12(2)23-26-17(14)9-13(11)18-6-7-19(27-18)24(10-25)20-15(21)4-3-5-16(20)22/h3-10H,1-2H3. The summed E-state index contributed by atoms with van der Waals surface area (Å²) in [5.41, 5.74) is 3.01. The highest BCUT2D eigenvalue weighted by atomic mass is 32.1. The summed E-state index contributed by atoms with van der Waals surface area (Å²) >= 11 is 1.26. The van der Waals surface area contributed by atoms with Crippen molar-refractivity contribution in [1.29, 1.82) is 0 Å². The van der Waals surface area contributed by atoms with Gasteiger partial charge in [-0.05, 0) is 61.4 Å². The van der Waals surface area contributed by atoms with Crippen LogP contribution in [-0.2, 0) is 4.79 Å². The molecule has 0 radical (unpaired) electrons. The van der Waals surface area contributed by atoms with Gasteiger partial charge in [0.2, 0.25) is 6.41 Å². The van der Waals surface area contributed by atoms with Gasteiger partial charge in [-0.25, -0.2) is 8.78 Å². The second-order valence-electron chi connectivity index (χ2n) is 6.11. The Morgan fingerprint density at radius 3 is 2.56 bits per heavy atom. The lowest BCUT2D eigenvalue weighted by Crippen LogP contribution is -2.15. The van der Waals surface area contributed by atoms with Crippen molar-refractivity contribution in [2.24, 2.45) is 0 Å². The van der Waals surface area contributed by atoms with Crippen molar-refractivity contribution in [3.8, 4) is 10.4 Å². The lowest BCUT2D eigenvalue weighted by atomic mass is 10.0. The molecule has 4 nitrogen and oxygen atoms in total.